The predicted molar refractivity (Wildman–Crippen MR) is 84.7 cm³/mol. The quantitative estimate of drug-likeness (QED) is 0.907. The molecule has 1 atom stereocenters. The second-order valence-electron chi connectivity index (χ2n) is 5.06. The second kappa shape index (κ2) is 6.04. The Morgan fingerprint density at radius 3 is 2.30 bits per heavy atom. The highest BCUT2D eigenvalue weighted by Crippen LogP contribution is 2.29. The Balaban J connectivity index is 2.25. The van der Waals surface area contributed by atoms with Gasteiger partial charge in [0.15, 0.2) is 0 Å². The summed E-state index contributed by atoms with van der Waals surface area (Å²) in [6.07, 6.45) is 0.634. The number of rotatable bonds is 4. The van der Waals surface area contributed by atoms with Crippen molar-refractivity contribution in [2.24, 2.45) is 5.73 Å². The topological polar surface area (TPSA) is 35.2 Å². The van der Waals surface area contributed by atoms with Crippen LogP contribution in [0.3, 0.4) is 0 Å². The van der Waals surface area contributed by atoms with Crippen LogP contribution in [0.5, 0.6) is 5.75 Å². The monoisotopic (exact) mass is 309 g/mol. The van der Waals surface area contributed by atoms with Crippen molar-refractivity contribution in [1.82, 2.24) is 0 Å². The van der Waals surface area contributed by atoms with Gasteiger partial charge >= 0.3 is 0 Å². The predicted octanol–water partition coefficient (Wildman–Crippen LogP) is 4.42. The van der Waals surface area contributed by atoms with E-state index in [0.29, 0.717) is 16.5 Å². The Morgan fingerprint density at radius 2 is 1.75 bits per heavy atom. The highest BCUT2D eigenvalue weighted by molar-refractivity contribution is 6.35. The summed E-state index contributed by atoms with van der Waals surface area (Å²) in [5.41, 5.74) is 7.94. The van der Waals surface area contributed by atoms with Crippen LogP contribution in [0.2, 0.25) is 10.0 Å². The van der Waals surface area contributed by atoms with Gasteiger partial charge in [0.05, 0.1) is 7.11 Å². The van der Waals surface area contributed by atoms with Crippen LogP contribution in [0, 0.1) is 0 Å². The minimum atomic E-state index is -0.510. The molecule has 2 N–H and O–H groups in total. The van der Waals surface area contributed by atoms with E-state index in [4.69, 9.17) is 33.7 Å². The number of benzene rings is 2. The molecule has 2 nitrogen and oxygen atoms in total. The van der Waals surface area contributed by atoms with Gasteiger partial charge in [0.2, 0.25) is 0 Å². The molecular formula is C16H17Cl2NO. The molecule has 0 saturated heterocycles. The van der Waals surface area contributed by atoms with Crippen molar-refractivity contribution in [2.75, 3.05) is 7.11 Å². The third-order valence-electron chi connectivity index (χ3n) is 3.32. The van der Waals surface area contributed by atoms with E-state index in [0.717, 1.165) is 16.9 Å². The van der Waals surface area contributed by atoms with Crippen molar-refractivity contribution in [3.05, 3.63) is 63.6 Å². The van der Waals surface area contributed by atoms with Gasteiger partial charge in [-0.2, -0.15) is 0 Å². The number of methoxy groups -OCH3 is 1. The molecule has 4 heteroatoms. The molecule has 0 aliphatic carbocycles. The summed E-state index contributed by atoms with van der Waals surface area (Å²) in [5.74, 6) is 0.814. The Kier molecular flexibility index (Phi) is 4.59. The largest absolute Gasteiger partial charge is 0.497 e. The SMILES string of the molecule is COc1ccc(C(C)(N)Cc2ccc(Cl)cc2Cl)cc1. The third kappa shape index (κ3) is 3.45. The fourth-order valence-electron chi connectivity index (χ4n) is 2.13. The molecule has 1 unspecified atom stereocenters. The van der Waals surface area contributed by atoms with Crippen LogP contribution in [0.4, 0.5) is 0 Å². The molecule has 0 saturated carbocycles. The molecule has 0 radical (unpaired) electrons. The molecule has 0 heterocycles. The molecular weight excluding hydrogens is 293 g/mol. The molecule has 20 heavy (non-hydrogen) atoms. The van der Waals surface area contributed by atoms with Crippen molar-refractivity contribution >= 4 is 23.2 Å². The lowest BCUT2D eigenvalue weighted by atomic mass is 9.86. The zero-order valence-corrected chi connectivity index (χ0v) is 13.0. The minimum Gasteiger partial charge on any atom is -0.497 e. The average molecular weight is 310 g/mol. The summed E-state index contributed by atoms with van der Waals surface area (Å²) in [5, 5.41) is 1.27. The van der Waals surface area contributed by atoms with E-state index in [1.165, 1.54) is 0 Å². The van der Waals surface area contributed by atoms with Crippen LogP contribution in [0.25, 0.3) is 0 Å². The van der Waals surface area contributed by atoms with E-state index < -0.39 is 5.54 Å². The van der Waals surface area contributed by atoms with E-state index in [2.05, 4.69) is 0 Å². The molecule has 0 aliphatic heterocycles. The minimum absolute atomic E-state index is 0.510. The van der Waals surface area contributed by atoms with E-state index in [1.807, 2.05) is 43.3 Å². The summed E-state index contributed by atoms with van der Waals surface area (Å²) in [4.78, 5) is 0. The third-order valence-corrected chi connectivity index (χ3v) is 3.91. The number of hydrogen-bond acceptors (Lipinski definition) is 2. The smallest absolute Gasteiger partial charge is 0.118 e. The lowest BCUT2D eigenvalue weighted by molar-refractivity contribution is 0.413. The van der Waals surface area contributed by atoms with Crippen molar-refractivity contribution < 1.29 is 4.74 Å². The molecule has 2 aromatic carbocycles. The van der Waals surface area contributed by atoms with Crippen LogP contribution >= 0.6 is 23.2 Å². The standard InChI is InChI=1S/C16H17Cl2NO/c1-16(19,12-4-7-14(20-2)8-5-12)10-11-3-6-13(17)9-15(11)18/h3-9H,10,19H2,1-2H3. The summed E-state index contributed by atoms with van der Waals surface area (Å²) in [6, 6.07) is 13.2. The Morgan fingerprint density at radius 1 is 1.10 bits per heavy atom. The number of hydrogen-bond donors (Lipinski definition) is 1. The lowest BCUT2D eigenvalue weighted by Crippen LogP contribution is -2.35. The summed E-state index contributed by atoms with van der Waals surface area (Å²) >= 11 is 12.1. The van der Waals surface area contributed by atoms with Gasteiger partial charge in [-0.3, -0.25) is 0 Å². The molecule has 0 fully saturated rings. The van der Waals surface area contributed by atoms with Gasteiger partial charge in [0.1, 0.15) is 5.75 Å². The average Bonchev–Trinajstić information content (AvgIpc) is 2.42. The van der Waals surface area contributed by atoms with Gasteiger partial charge in [-0.25, -0.2) is 0 Å². The summed E-state index contributed by atoms with van der Waals surface area (Å²) in [7, 11) is 1.64. The lowest BCUT2D eigenvalue weighted by Gasteiger charge is -2.26. The first-order valence-electron chi connectivity index (χ1n) is 6.30. The van der Waals surface area contributed by atoms with E-state index >= 15 is 0 Å². The zero-order chi connectivity index (χ0) is 14.8. The zero-order valence-electron chi connectivity index (χ0n) is 11.5. The van der Waals surface area contributed by atoms with Crippen molar-refractivity contribution in [3.63, 3.8) is 0 Å². The van der Waals surface area contributed by atoms with Crippen LogP contribution < -0.4 is 10.5 Å². The fraction of sp³-hybridized carbons (Fsp3) is 0.250. The van der Waals surface area contributed by atoms with Crippen molar-refractivity contribution in [2.45, 2.75) is 18.9 Å². The number of ether oxygens (including phenoxy) is 1. The molecule has 0 aromatic heterocycles. The Labute approximate surface area is 129 Å². The maximum Gasteiger partial charge on any atom is 0.118 e. The van der Waals surface area contributed by atoms with Gasteiger partial charge in [-0.1, -0.05) is 41.4 Å². The van der Waals surface area contributed by atoms with Crippen LogP contribution in [-0.4, -0.2) is 7.11 Å². The van der Waals surface area contributed by atoms with E-state index in [1.54, 1.807) is 13.2 Å². The number of nitrogens with two attached hydrogens (primary N) is 1. The maximum absolute atomic E-state index is 6.44. The second-order valence-corrected chi connectivity index (χ2v) is 5.90. The molecule has 2 aromatic rings. The van der Waals surface area contributed by atoms with Crippen LogP contribution in [-0.2, 0) is 12.0 Å². The van der Waals surface area contributed by atoms with Gasteiger partial charge in [-0.15, -0.1) is 0 Å². The van der Waals surface area contributed by atoms with Crippen molar-refractivity contribution in [1.29, 1.82) is 0 Å². The fourth-order valence-corrected chi connectivity index (χ4v) is 2.61. The number of halogens is 2. The molecule has 0 bridgehead atoms. The van der Waals surface area contributed by atoms with Gasteiger partial charge in [0, 0.05) is 15.6 Å². The van der Waals surface area contributed by atoms with Crippen LogP contribution in [0.1, 0.15) is 18.1 Å². The normalized spacial score (nSPS) is 13.8. The summed E-state index contributed by atoms with van der Waals surface area (Å²) in [6.45, 7) is 1.99. The Hall–Kier alpha value is -1.22. The first-order valence-corrected chi connectivity index (χ1v) is 7.05. The summed E-state index contributed by atoms with van der Waals surface area (Å²) < 4.78 is 5.16. The van der Waals surface area contributed by atoms with Gasteiger partial charge in [0.25, 0.3) is 0 Å². The molecule has 2 rings (SSSR count). The molecule has 0 amide bonds. The van der Waals surface area contributed by atoms with Gasteiger partial charge in [-0.05, 0) is 48.7 Å². The highest BCUT2D eigenvalue weighted by atomic mass is 35.5. The van der Waals surface area contributed by atoms with E-state index in [9.17, 15) is 0 Å². The first-order chi connectivity index (χ1) is 9.42. The maximum atomic E-state index is 6.44. The van der Waals surface area contributed by atoms with Crippen LogP contribution in [0.15, 0.2) is 42.5 Å². The Bertz CT molecular complexity index is 594. The van der Waals surface area contributed by atoms with Crippen molar-refractivity contribution in [3.8, 4) is 5.75 Å². The van der Waals surface area contributed by atoms with Gasteiger partial charge < -0.3 is 10.5 Å². The molecule has 0 spiro atoms. The first kappa shape index (κ1) is 15.2. The molecule has 106 valence electrons. The highest BCUT2D eigenvalue weighted by Gasteiger charge is 2.23. The van der Waals surface area contributed by atoms with E-state index in [-0.39, 0.29) is 0 Å². The molecule has 0 aliphatic rings.